The second-order valence-electron chi connectivity index (χ2n) is 4.89. The fraction of sp³-hybridized carbons (Fsp3) is 0.188. The van der Waals surface area contributed by atoms with E-state index in [4.69, 9.17) is 4.74 Å². The van der Waals surface area contributed by atoms with Crippen molar-refractivity contribution in [1.29, 1.82) is 0 Å². The topological polar surface area (TPSA) is 72.5 Å². The first-order chi connectivity index (χ1) is 10.3. The maximum Gasteiger partial charge on any atom is 0.262 e. The highest BCUT2D eigenvalue weighted by Crippen LogP contribution is 2.28. The lowest BCUT2D eigenvalue weighted by Crippen LogP contribution is -2.13. The Labute approximate surface area is 130 Å². The van der Waals surface area contributed by atoms with Gasteiger partial charge in [-0.05, 0) is 44.2 Å². The summed E-state index contributed by atoms with van der Waals surface area (Å²) in [6.07, 6.45) is 0. The molecule has 22 heavy (non-hydrogen) atoms. The van der Waals surface area contributed by atoms with Crippen molar-refractivity contribution in [3.63, 3.8) is 0 Å². The Hall–Kier alpha value is -2.34. The third-order valence-corrected chi connectivity index (χ3v) is 4.57. The highest BCUT2D eigenvalue weighted by molar-refractivity contribution is 7.92. The maximum absolute atomic E-state index is 12.4. The standard InChI is InChI=1S/C16H17NO4S/c1-11-4-7-14(8-5-11)22(19,20)17-15-9-6-13(12(2)18)10-16(15)21-3/h4-10,17H,1-3H3. The fourth-order valence-electron chi connectivity index (χ4n) is 1.92. The Morgan fingerprint density at radius 1 is 1.09 bits per heavy atom. The van der Waals surface area contributed by atoms with Gasteiger partial charge in [0.25, 0.3) is 10.0 Å². The number of anilines is 1. The summed E-state index contributed by atoms with van der Waals surface area (Å²) >= 11 is 0. The van der Waals surface area contributed by atoms with Crippen LogP contribution in [-0.2, 0) is 10.0 Å². The van der Waals surface area contributed by atoms with Crippen molar-refractivity contribution in [2.45, 2.75) is 18.7 Å². The molecule has 0 saturated heterocycles. The third kappa shape index (κ3) is 3.46. The minimum atomic E-state index is -3.71. The van der Waals surface area contributed by atoms with Crippen molar-refractivity contribution in [3.8, 4) is 5.75 Å². The van der Waals surface area contributed by atoms with Crippen LogP contribution in [0.2, 0.25) is 0 Å². The summed E-state index contributed by atoms with van der Waals surface area (Å²) in [7, 11) is -2.29. The molecule has 0 heterocycles. The summed E-state index contributed by atoms with van der Waals surface area (Å²) in [5, 5.41) is 0. The van der Waals surface area contributed by atoms with Gasteiger partial charge >= 0.3 is 0 Å². The number of ether oxygens (including phenoxy) is 1. The number of benzene rings is 2. The molecule has 0 atom stereocenters. The molecule has 0 aliphatic heterocycles. The molecule has 1 N–H and O–H groups in total. The van der Waals surface area contributed by atoms with Crippen molar-refractivity contribution < 1.29 is 17.9 Å². The second kappa shape index (κ2) is 6.19. The molecule has 0 radical (unpaired) electrons. The molecule has 0 aliphatic rings. The van der Waals surface area contributed by atoms with Crippen LogP contribution in [-0.4, -0.2) is 21.3 Å². The van der Waals surface area contributed by atoms with E-state index in [0.29, 0.717) is 11.3 Å². The van der Waals surface area contributed by atoms with Gasteiger partial charge in [-0.15, -0.1) is 0 Å². The van der Waals surface area contributed by atoms with E-state index in [-0.39, 0.29) is 16.4 Å². The maximum atomic E-state index is 12.4. The molecule has 0 saturated carbocycles. The summed E-state index contributed by atoms with van der Waals surface area (Å²) in [6.45, 7) is 3.32. The zero-order chi connectivity index (χ0) is 16.3. The van der Waals surface area contributed by atoms with Crippen LogP contribution in [0.1, 0.15) is 22.8 Å². The Bertz CT molecular complexity index is 795. The van der Waals surface area contributed by atoms with Crippen LogP contribution in [0.15, 0.2) is 47.4 Å². The number of rotatable bonds is 5. The number of ketones is 1. The van der Waals surface area contributed by atoms with E-state index >= 15 is 0 Å². The highest BCUT2D eigenvalue weighted by atomic mass is 32.2. The molecule has 5 nitrogen and oxygen atoms in total. The Kier molecular flexibility index (Phi) is 4.51. The van der Waals surface area contributed by atoms with Crippen LogP contribution in [0.3, 0.4) is 0 Å². The second-order valence-corrected chi connectivity index (χ2v) is 6.57. The first-order valence-corrected chi connectivity index (χ1v) is 8.10. The molecular weight excluding hydrogens is 302 g/mol. The fourth-order valence-corrected chi connectivity index (χ4v) is 2.99. The zero-order valence-corrected chi connectivity index (χ0v) is 13.4. The van der Waals surface area contributed by atoms with Gasteiger partial charge in [0, 0.05) is 5.56 Å². The summed E-state index contributed by atoms with van der Waals surface area (Å²) in [6, 6.07) is 11.1. The number of carbonyl (C=O) groups is 1. The van der Waals surface area contributed by atoms with Gasteiger partial charge in [0.15, 0.2) is 5.78 Å². The van der Waals surface area contributed by atoms with Crippen LogP contribution in [0.5, 0.6) is 5.75 Å². The molecule has 0 amide bonds. The Morgan fingerprint density at radius 3 is 2.27 bits per heavy atom. The lowest BCUT2D eigenvalue weighted by molar-refractivity contribution is 0.101. The van der Waals surface area contributed by atoms with Crippen molar-refractivity contribution in [3.05, 3.63) is 53.6 Å². The lowest BCUT2D eigenvalue weighted by atomic mass is 10.1. The van der Waals surface area contributed by atoms with E-state index in [0.717, 1.165) is 5.56 Å². The van der Waals surface area contributed by atoms with Crippen molar-refractivity contribution in [1.82, 2.24) is 0 Å². The smallest absolute Gasteiger partial charge is 0.262 e. The van der Waals surface area contributed by atoms with Crippen molar-refractivity contribution in [2.24, 2.45) is 0 Å². The van der Waals surface area contributed by atoms with Gasteiger partial charge in [0.05, 0.1) is 17.7 Å². The molecule has 0 unspecified atom stereocenters. The molecule has 0 spiro atoms. The summed E-state index contributed by atoms with van der Waals surface area (Å²) in [5.74, 6) is 0.176. The first-order valence-electron chi connectivity index (χ1n) is 6.62. The van der Waals surface area contributed by atoms with Crippen LogP contribution < -0.4 is 9.46 Å². The molecule has 2 rings (SSSR count). The number of aryl methyl sites for hydroxylation is 1. The predicted molar refractivity (Wildman–Crippen MR) is 85.0 cm³/mol. The zero-order valence-electron chi connectivity index (χ0n) is 12.6. The minimum absolute atomic E-state index is 0.119. The summed E-state index contributed by atoms with van der Waals surface area (Å²) in [5.41, 5.74) is 1.71. The average molecular weight is 319 g/mol. The lowest BCUT2D eigenvalue weighted by Gasteiger charge is -2.13. The quantitative estimate of drug-likeness (QED) is 0.860. The summed E-state index contributed by atoms with van der Waals surface area (Å²) < 4.78 is 32.4. The molecule has 0 bridgehead atoms. The normalized spacial score (nSPS) is 11.0. The molecule has 6 heteroatoms. The number of Topliss-reactive ketones (excluding diaryl/α,β-unsaturated/α-hetero) is 1. The average Bonchev–Trinajstić information content (AvgIpc) is 2.47. The van der Waals surface area contributed by atoms with Gasteiger partial charge in [-0.2, -0.15) is 0 Å². The molecule has 0 aromatic heterocycles. The van der Waals surface area contributed by atoms with E-state index < -0.39 is 10.0 Å². The number of carbonyl (C=O) groups excluding carboxylic acids is 1. The largest absolute Gasteiger partial charge is 0.495 e. The molecule has 0 aliphatic carbocycles. The van der Waals surface area contributed by atoms with Crippen LogP contribution in [0.25, 0.3) is 0 Å². The van der Waals surface area contributed by atoms with Crippen molar-refractivity contribution >= 4 is 21.5 Å². The number of hydrogen-bond acceptors (Lipinski definition) is 4. The molecule has 2 aromatic carbocycles. The minimum Gasteiger partial charge on any atom is -0.495 e. The molecule has 0 fully saturated rings. The first kappa shape index (κ1) is 16.0. The number of methoxy groups -OCH3 is 1. The highest BCUT2D eigenvalue weighted by Gasteiger charge is 2.17. The van der Waals surface area contributed by atoms with E-state index in [1.54, 1.807) is 18.2 Å². The van der Waals surface area contributed by atoms with Gasteiger partial charge in [0.2, 0.25) is 0 Å². The molecule has 116 valence electrons. The third-order valence-electron chi connectivity index (χ3n) is 3.18. The van der Waals surface area contributed by atoms with E-state index in [9.17, 15) is 13.2 Å². The van der Waals surface area contributed by atoms with Gasteiger partial charge in [-0.1, -0.05) is 17.7 Å². The number of hydrogen-bond donors (Lipinski definition) is 1. The Balaban J connectivity index is 2.37. The van der Waals surface area contributed by atoms with Gasteiger partial charge in [-0.25, -0.2) is 8.42 Å². The van der Waals surface area contributed by atoms with E-state index in [1.165, 1.54) is 38.3 Å². The van der Waals surface area contributed by atoms with Crippen LogP contribution in [0, 0.1) is 6.92 Å². The molecular formula is C16H17NO4S. The predicted octanol–water partition coefficient (Wildman–Crippen LogP) is 3.01. The van der Waals surface area contributed by atoms with Gasteiger partial charge < -0.3 is 4.74 Å². The monoisotopic (exact) mass is 319 g/mol. The van der Waals surface area contributed by atoms with E-state index in [1.807, 2.05) is 6.92 Å². The molecule has 2 aromatic rings. The Morgan fingerprint density at radius 2 is 1.73 bits per heavy atom. The number of sulfonamides is 1. The number of nitrogens with one attached hydrogen (secondary N) is 1. The van der Waals surface area contributed by atoms with Crippen LogP contribution >= 0.6 is 0 Å². The van der Waals surface area contributed by atoms with Gasteiger partial charge in [-0.3, -0.25) is 9.52 Å². The SMILES string of the molecule is COc1cc(C(C)=O)ccc1NS(=O)(=O)c1ccc(C)cc1. The van der Waals surface area contributed by atoms with E-state index in [2.05, 4.69) is 4.72 Å². The van der Waals surface area contributed by atoms with Gasteiger partial charge in [0.1, 0.15) is 5.75 Å². The van der Waals surface area contributed by atoms with Crippen LogP contribution in [0.4, 0.5) is 5.69 Å². The van der Waals surface area contributed by atoms with Crippen molar-refractivity contribution in [2.75, 3.05) is 11.8 Å². The summed E-state index contributed by atoms with van der Waals surface area (Å²) in [4.78, 5) is 11.5.